The van der Waals surface area contributed by atoms with Crippen molar-refractivity contribution in [1.82, 2.24) is 10.2 Å². The van der Waals surface area contributed by atoms with E-state index in [1.165, 1.54) is 12.1 Å². The number of hydrogen-bond acceptors (Lipinski definition) is 4. The quantitative estimate of drug-likeness (QED) is 0.411. The molecule has 1 unspecified atom stereocenters. The van der Waals surface area contributed by atoms with Crippen LogP contribution in [0, 0.1) is 5.92 Å². The van der Waals surface area contributed by atoms with Gasteiger partial charge in [-0.25, -0.2) is 0 Å². The van der Waals surface area contributed by atoms with Gasteiger partial charge in [0.15, 0.2) is 5.96 Å². The van der Waals surface area contributed by atoms with Crippen molar-refractivity contribution >= 4 is 11.6 Å². The molecule has 1 atom stereocenters. The first-order valence-electron chi connectivity index (χ1n) is 10.5. The smallest absolute Gasteiger partial charge is 0.381 e. The molecule has 30 heavy (non-hydrogen) atoms. The Morgan fingerprint density at radius 1 is 1.27 bits per heavy atom. The maximum absolute atomic E-state index is 13.0. The number of hydrogen-bond donors (Lipinski definition) is 1. The Balaban J connectivity index is 1.38. The van der Waals surface area contributed by atoms with E-state index >= 15 is 0 Å². The lowest BCUT2D eigenvalue weighted by Gasteiger charge is -2.37. The zero-order valence-corrected chi connectivity index (χ0v) is 17.5. The Morgan fingerprint density at radius 2 is 2.07 bits per heavy atom. The summed E-state index contributed by atoms with van der Waals surface area (Å²) in [5.74, 6) is 1.35. The van der Waals surface area contributed by atoms with E-state index in [-0.39, 0.29) is 0 Å². The summed E-state index contributed by atoms with van der Waals surface area (Å²) >= 11 is 0. The van der Waals surface area contributed by atoms with Crippen LogP contribution in [0.5, 0.6) is 0 Å². The molecule has 1 aromatic rings. The van der Waals surface area contributed by atoms with Crippen LogP contribution in [0.2, 0.25) is 0 Å². The normalized spacial score (nSPS) is 20.7. The van der Waals surface area contributed by atoms with Gasteiger partial charge in [-0.05, 0) is 31.0 Å². The lowest BCUT2D eigenvalue weighted by atomic mass is 10.1. The zero-order chi connectivity index (χ0) is 21.4. The third-order valence-electron chi connectivity index (χ3n) is 5.46. The summed E-state index contributed by atoms with van der Waals surface area (Å²) in [6, 6.07) is 5.53. The lowest BCUT2D eigenvalue weighted by molar-refractivity contribution is -0.137. The van der Waals surface area contributed by atoms with Crippen LogP contribution >= 0.6 is 0 Å². The van der Waals surface area contributed by atoms with Crippen molar-refractivity contribution in [2.75, 3.05) is 71.1 Å². The van der Waals surface area contributed by atoms with E-state index in [0.29, 0.717) is 44.4 Å². The second kappa shape index (κ2) is 10.9. The van der Waals surface area contributed by atoms with Gasteiger partial charge in [0.2, 0.25) is 0 Å². The van der Waals surface area contributed by atoms with Crippen molar-refractivity contribution in [1.29, 1.82) is 0 Å². The second-order valence-corrected chi connectivity index (χ2v) is 7.65. The maximum Gasteiger partial charge on any atom is 0.416 e. The fourth-order valence-corrected chi connectivity index (χ4v) is 3.73. The summed E-state index contributed by atoms with van der Waals surface area (Å²) in [5, 5.41) is 3.36. The van der Waals surface area contributed by atoms with E-state index in [1.54, 1.807) is 13.1 Å². The first kappa shape index (κ1) is 22.7. The first-order valence-corrected chi connectivity index (χ1v) is 10.5. The molecule has 0 saturated carbocycles. The minimum absolute atomic E-state index is 0.527. The molecule has 6 nitrogen and oxygen atoms in total. The molecule has 2 aliphatic heterocycles. The van der Waals surface area contributed by atoms with Crippen molar-refractivity contribution in [2.24, 2.45) is 10.9 Å². The van der Waals surface area contributed by atoms with Crippen molar-refractivity contribution in [2.45, 2.75) is 19.0 Å². The highest BCUT2D eigenvalue weighted by molar-refractivity contribution is 5.80. The molecular formula is C21H31F3N4O2. The van der Waals surface area contributed by atoms with Crippen molar-refractivity contribution in [3.8, 4) is 0 Å². The van der Waals surface area contributed by atoms with Crippen LogP contribution < -0.4 is 10.2 Å². The van der Waals surface area contributed by atoms with Crippen LogP contribution in [0.25, 0.3) is 0 Å². The number of alkyl halides is 3. The van der Waals surface area contributed by atoms with Gasteiger partial charge in [-0.15, -0.1) is 0 Å². The topological polar surface area (TPSA) is 49.3 Å². The second-order valence-electron chi connectivity index (χ2n) is 7.65. The van der Waals surface area contributed by atoms with Gasteiger partial charge >= 0.3 is 6.18 Å². The number of piperazine rings is 1. The minimum atomic E-state index is -4.32. The number of halogens is 3. The Kier molecular flexibility index (Phi) is 8.21. The molecule has 1 N–H and O–H groups in total. The molecule has 2 fully saturated rings. The van der Waals surface area contributed by atoms with Crippen LogP contribution in [0.15, 0.2) is 29.3 Å². The van der Waals surface area contributed by atoms with E-state index in [4.69, 9.17) is 9.47 Å². The standard InChI is InChI=1S/C21H31F3N4O2/c1-25-20(26-7-3-12-29-15-17-6-13-30-16-17)28-10-8-27(9-11-28)19-5-2-4-18(14-19)21(22,23)24/h2,4-5,14,17H,3,6-13,15-16H2,1H3,(H,25,26). The van der Waals surface area contributed by atoms with Gasteiger partial charge in [-0.3, -0.25) is 4.99 Å². The SMILES string of the molecule is CN=C(NCCCOCC1CCOC1)N1CCN(c2cccc(C(F)(F)F)c2)CC1. The van der Waals surface area contributed by atoms with E-state index in [9.17, 15) is 13.2 Å². The summed E-state index contributed by atoms with van der Waals surface area (Å²) < 4.78 is 49.9. The molecule has 168 valence electrons. The number of nitrogens with zero attached hydrogens (tertiary/aromatic N) is 3. The number of guanidine groups is 1. The predicted octanol–water partition coefficient (Wildman–Crippen LogP) is 2.85. The molecule has 0 radical (unpaired) electrons. The molecule has 0 bridgehead atoms. The largest absolute Gasteiger partial charge is 0.416 e. The third kappa shape index (κ3) is 6.50. The minimum Gasteiger partial charge on any atom is -0.381 e. The van der Waals surface area contributed by atoms with Crippen molar-refractivity contribution < 1.29 is 22.6 Å². The fraction of sp³-hybridized carbons (Fsp3) is 0.667. The molecule has 9 heteroatoms. The van der Waals surface area contributed by atoms with Crippen LogP contribution in [0.3, 0.4) is 0 Å². The van der Waals surface area contributed by atoms with Gasteiger partial charge in [0.05, 0.1) is 18.8 Å². The van der Waals surface area contributed by atoms with Gasteiger partial charge in [-0.1, -0.05) is 6.07 Å². The highest BCUT2D eigenvalue weighted by atomic mass is 19.4. The van der Waals surface area contributed by atoms with Crippen LogP contribution in [-0.2, 0) is 15.7 Å². The Morgan fingerprint density at radius 3 is 2.73 bits per heavy atom. The van der Waals surface area contributed by atoms with Gasteiger partial charge in [0.1, 0.15) is 0 Å². The summed E-state index contributed by atoms with van der Waals surface area (Å²) in [5.41, 5.74) is -0.000171. The monoisotopic (exact) mass is 428 g/mol. The Bertz CT molecular complexity index is 685. The number of rotatable bonds is 7. The first-order chi connectivity index (χ1) is 14.5. The highest BCUT2D eigenvalue weighted by Crippen LogP contribution is 2.31. The van der Waals surface area contributed by atoms with Gasteiger partial charge in [-0.2, -0.15) is 13.2 Å². The van der Waals surface area contributed by atoms with Crippen LogP contribution in [0.4, 0.5) is 18.9 Å². The summed E-state index contributed by atoms with van der Waals surface area (Å²) in [4.78, 5) is 8.47. The summed E-state index contributed by atoms with van der Waals surface area (Å²) in [6.07, 6.45) is -2.35. The molecule has 0 amide bonds. The third-order valence-corrected chi connectivity index (χ3v) is 5.46. The van der Waals surface area contributed by atoms with E-state index in [2.05, 4.69) is 15.2 Å². The van der Waals surface area contributed by atoms with E-state index in [0.717, 1.165) is 51.2 Å². The molecular weight excluding hydrogens is 397 g/mol. The maximum atomic E-state index is 13.0. The van der Waals surface area contributed by atoms with Crippen LogP contribution in [-0.4, -0.2) is 77.1 Å². The molecule has 2 heterocycles. The molecule has 0 aliphatic carbocycles. The molecule has 2 aliphatic rings. The summed E-state index contributed by atoms with van der Waals surface area (Å²) in [6.45, 7) is 6.56. The van der Waals surface area contributed by atoms with E-state index < -0.39 is 11.7 Å². The van der Waals surface area contributed by atoms with Crippen molar-refractivity contribution in [3.63, 3.8) is 0 Å². The molecule has 2 saturated heterocycles. The highest BCUT2D eigenvalue weighted by Gasteiger charge is 2.31. The Labute approximate surface area is 176 Å². The predicted molar refractivity (Wildman–Crippen MR) is 111 cm³/mol. The fourth-order valence-electron chi connectivity index (χ4n) is 3.73. The van der Waals surface area contributed by atoms with Gasteiger partial charge in [0, 0.05) is 64.6 Å². The van der Waals surface area contributed by atoms with Crippen molar-refractivity contribution in [3.05, 3.63) is 29.8 Å². The van der Waals surface area contributed by atoms with Crippen LogP contribution in [0.1, 0.15) is 18.4 Å². The zero-order valence-electron chi connectivity index (χ0n) is 17.5. The van der Waals surface area contributed by atoms with Gasteiger partial charge < -0.3 is 24.6 Å². The molecule has 0 aromatic heterocycles. The average Bonchev–Trinajstić information content (AvgIpc) is 3.26. The number of anilines is 1. The molecule has 1 aromatic carbocycles. The Hall–Kier alpha value is -2.00. The average molecular weight is 428 g/mol. The molecule has 0 spiro atoms. The number of ether oxygens (including phenoxy) is 2. The van der Waals surface area contributed by atoms with E-state index in [1.807, 2.05) is 4.90 Å². The summed E-state index contributed by atoms with van der Waals surface area (Å²) in [7, 11) is 1.75. The number of aliphatic imine (C=N–C) groups is 1. The van der Waals surface area contributed by atoms with Gasteiger partial charge in [0.25, 0.3) is 0 Å². The molecule has 3 rings (SSSR count). The lowest BCUT2D eigenvalue weighted by Crippen LogP contribution is -2.52. The number of nitrogens with one attached hydrogen (secondary N) is 1. The number of benzene rings is 1.